The van der Waals surface area contributed by atoms with Crippen LogP contribution in [0.4, 0.5) is 4.79 Å². The lowest BCUT2D eigenvalue weighted by atomic mass is 10.2. The van der Waals surface area contributed by atoms with Crippen LogP contribution in [0.2, 0.25) is 0 Å². The summed E-state index contributed by atoms with van der Waals surface area (Å²) in [5.41, 5.74) is 4.48. The molecule has 2 heterocycles. The standard InChI is InChI=1S/C9H18N2O3.C8H14N2O/c1-6(7(10)12)11(5)8(13)14-9(2,3)4;11-8-4-1-2-5-9-6-3-7-10(8)9/h6H,1-5H3,(H2,10,12);1-7H2. The van der Waals surface area contributed by atoms with Crippen LogP contribution in [0.5, 0.6) is 0 Å². The molecule has 2 N–H and O–H groups in total. The molecule has 8 nitrogen and oxygen atoms in total. The van der Waals surface area contributed by atoms with E-state index in [4.69, 9.17) is 10.5 Å². The Morgan fingerprint density at radius 2 is 1.76 bits per heavy atom. The lowest BCUT2D eigenvalue weighted by Gasteiger charge is -2.27. The van der Waals surface area contributed by atoms with Crippen molar-refractivity contribution in [2.45, 2.75) is 65.0 Å². The number of amides is 3. The van der Waals surface area contributed by atoms with E-state index in [2.05, 4.69) is 5.01 Å². The molecule has 2 aliphatic rings. The van der Waals surface area contributed by atoms with Crippen molar-refractivity contribution in [3.8, 4) is 0 Å². The van der Waals surface area contributed by atoms with E-state index in [1.54, 1.807) is 27.7 Å². The fraction of sp³-hybridized carbons (Fsp3) is 0.824. The van der Waals surface area contributed by atoms with Gasteiger partial charge in [0.05, 0.1) is 0 Å². The smallest absolute Gasteiger partial charge is 0.410 e. The fourth-order valence-corrected chi connectivity index (χ4v) is 2.56. The second-order valence-electron chi connectivity index (χ2n) is 7.45. The van der Waals surface area contributed by atoms with E-state index in [1.807, 2.05) is 5.01 Å². The van der Waals surface area contributed by atoms with E-state index in [9.17, 15) is 14.4 Å². The highest BCUT2D eigenvalue weighted by molar-refractivity contribution is 5.83. The highest BCUT2D eigenvalue weighted by Crippen LogP contribution is 2.17. The number of ether oxygens (including phenoxy) is 1. The van der Waals surface area contributed by atoms with Crippen LogP contribution in [-0.2, 0) is 14.3 Å². The quantitative estimate of drug-likeness (QED) is 0.805. The van der Waals surface area contributed by atoms with Gasteiger partial charge in [-0.1, -0.05) is 0 Å². The van der Waals surface area contributed by atoms with Crippen LogP contribution >= 0.6 is 0 Å². The Morgan fingerprint density at radius 1 is 1.16 bits per heavy atom. The largest absolute Gasteiger partial charge is 0.444 e. The Balaban J connectivity index is 0.000000255. The van der Waals surface area contributed by atoms with Crippen LogP contribution in [-0.4, -0.2) is 71.2 Å². The number of hydrogen-bond donors (Lipinski definition) is 1. The second-order valence-corrected chi connectivity index (χ2v) is 7.45. The summed E-state index contributed by atoms with van der Waals surface area (Å²) in [6, 6.07) is -0.662. The molecule has 0 bridgehead atoms. The number of likely N-dealkylation sites (N-methyl/N-ethyl adjacent to an activating group) is 1. The fourth-order valence-electron chi connectivity index (χ4n) is 2.56. The lowest BCUT2D eigenvalue weighted by Crippen LogP contribution is -2.45. The van der Waals surface area contributed by atoms with Crippen molar-refractivity contribution < 1.29 is 19.1 Å². The predicted molar refractivity (Wildman–Crippen MR) is 94.4 cm³/mol. The molecule has 144 valence electrons. The molecular formula is C17H32N4O4. The Bertz CT molecular complexity index is 490. The summed E-state index contributed by atoms with van der Waals surface area (Å²) in [6.07, 6.45) is 3.62. The van der Waals surface area contributed by atoms with Crippen LogP contribution in [0.3, 0.4) is 0 Å². The molecule has 0 aromatic rings. The highest BCUT2D eigenvalue weighted by atomic mass is 16.6. The van der Waals surface area contributed by atoms with Gasteiger partial charge in [0, 0.05) is 33.1 Å². The maximum absolute atomic E-state index is 11.4. The molecule has 0 saturated carbocycles. The summed E-state index contributed by atoms with van der Waals surface area (Å²) in [5, 5.41) is 4.14. The van der Waals surface area contributed by atoms with Crippen molar-refractivity contribution in [1.82, 2.24) is 14.9 Å². The average Bonchev–Trinajstić information content (AvgIpc) is 2.90. The molecule has 8 heteroatoms. The minimum absolute atomic E-state index is 0.333. The summed E-state index contributed by atoms with van der Waals surface area (Å²) in [6.45, 7) is 9.96. The number of nitrogens with two attached hydrogens (primary N) is 1. The molecule has 2 aliphatic heterocycles. The van der Waals surface area contributed by atoms with Crippen molar-refractivity contribution >= 4 is 17.9 Å². The molecule has 0 aliphatic carbocycles. The third-order valence-corrected chi connectivity index (χ3v) is 4.15. The molecule has 0 spiro atoms. The van der Waals surface area contributed by atoms with Crippen molar-refractivity contribution in [3.63, 3.8) is 0 Å². The van der Waals surface area contributed by atoms with Gasteiger partial charge in [-0.05, 0) is 47.0 Å². The van der Waals surface area contributed by atoms with Crippen molar-refractivity contribution in [1.29, 1.82) is 0 Å². The number of rotatable bonds is 2. The minimum atomic E-state index is -0.662. The van der Waals surface area contributed by atoms with E-state index in [-0.39, 0.29) is 0 Å². The summed E-state index contributed by atoms with van der Waals surface area (Å²) in [5.74, 6) is -0.224. The number of carbonyl (C=O) groups excluding carboxylic acids is 3. The molecule has 2 saturated heterocycles. The third-order valence-electron chi connectivity index (χ3n) is 4.15. The molecule has 0 radical (unpaired) electrons. The molecule has 0 aromatic heterocycles. The first-order chi connectivity index (χ1) is 11.5. The van der Waals surface area contributed by atoms with Crippen molar-refractivity contribution in [2.24, 2.45) is 5.73 Å². The first-order valence-corrected chi connectivity index (χ1v) is 8.83. The summed E-state index contributed by atoms with van der Waals surface area (Å²) in [4.78, 5) is 34.7. The van der Waals surface area contributed by atoms with Gasteiger partial charge < -0.3 is 10.5 Å². The lowest BCUT2D eigenvalue weighted by molar-refractivity contribution is -0.141. The number of nitrogens with zero attached hydrogens (tertiary/aromatic N) is 3. The molecule has 2 fully saturated rings. The van der Waals surface area contributed by atoms with Crippen molar-refractivity contribution in [3.05, 3.63) is 0 Å². The van der Waals surface area contributed by atoms with E-state index < -0.39 is 23.6 Å². The number of hydrazine groups is 1. The monoisotopic (exact) mass is 356 g/mol. The predicted octanol–water partition coefficient (Wildman–Crippen LogP) is 1.35. The van der Waals surface area contributed by atoms with E-state index in [0.717, 1.165) is 38.9 Å². The van der Waals surface area contributed by atoms with Gasteiger partial charge in [0.1, 0.15) is 11.6 Å². The molecule has 1 atom stereocenters. The maximum Gasteiger partial charge on any atom is 0.410 e. The van der Waals surface area contributed by atoms with Crippen LogP contribution in [0.25, 0.3) is 0 Å². The number of primary amides is 1. The summed E-state index contributed by atoms with van der Waals surface area (Å²) < 4.78 is 5.05. The minimum Gasteiger partial charge on any atom is -0.444 e. The van der Waals surface area contributed by atoms with Gasteiger partial charge >= 0.3 is 6.09 Å². The number of carbonyl (C=O) groups is 3. The highest BCUT2D eigenvalue weighted by Gasteiger charge is 2.27. The number of hydrogen-bond acceptors (Lipinski definition) is 5. The van der Waals surface area contributed by atoms with Crippen LogP contribution in [0, 0.1) is 0 Å². The summed E-state index contributed by atoms with van der Waals surface area (Å²) in [7, 11) is 1.48. The maximum atomic E-state index is 11.4. The molecule has 1 unspecified atom stereocenters. The van der Waals surface area contributed by atoms with Crippen molar-refractivity contribution in [2.75, 3.05) is 26.7 Å². The van der Waals surface area contributed by atoms with Crippen LogP contribution < -0.4 is 5.73 Å². The van der Waals surface area contributed by atoms with Crippen LogP contribution in [0.1, 0.15) is 53.4 Å². The van der Waals surface area contributed by atoms with E-state index in [1.165, 1.54) is 18.4 Å². The first kappa shape index (κ1) is 21.2. The van der Waals surface area contributed by atoms with E-state index >= 15 is 0 Å². The molecule has 3 amide bonds. The molecule has 2 rings (SSSR count). The normalized spacial score (nSPS) is 19.2. The van der Waals surface area contributed by atoms with E-state index in [0.29, 0.717) is 5.91 Å². The van der Waals surface area contributed by atoms with Crippen LogP contribution in [0.15, 0.2) is 0 Å². The van der Waals surface area contributed by atoms with Gasteiger partial charge in [0.2, 0.25) is 11.8 Å². The van der Waals surface area contributed by atoms with Gasteiger partial charge in [-0.15, -0.1) is 0 Å². The zero-order chi connectivity index (χ0) is 19.2. The Hall–Kier alpha value is -1.83. The zero-order valence-corrected chi connectivity index (χ0v) is 16.1. The SMILES string of the molecule is CC(C(N)=O)N(C)C(=O)OC(C)(C)C.O=C1CCCCN2CCCN12. The van der Waals surface area contributed by atoms with Gasteiger partial charge in [-0.2, -0.15) is 0 Å². The topological polar surface area (TPSA) is 96.2 Å². The van der Waals surface area contributed by atoms with Gasteiger partial charge in [-0.25, -0.2) is 9.80 Å². The van der Waals surface area contributed by atoms with Gasteiger partial charge in [-0.3, -0.25) is 19.5 Å². The second kappa shape index (κ2) is 9.03. The molecular weight excluding hydrogens is 324 g/mol. The Kier molecular flexibility index (Phi) is 7.66. The first-order valence-electron chi connectivity index (χ1n) is 8.83. The van der Waals surface area contributed by atoms with Gasteiger partial charge in [0.15, 0.2) is 0 Å². The molecule has 25 heavy (non-hydrogen) atoms. The Labute approximate surface area is 150 Å². The Morgan fingerprint density at radius 3 is 2.32 bits per heavy atom. The third kappa shape index (κ3) is 6.89. The number of fused-ring (bicyclic) bond motifs is 1. The molecule has 0 aromatic carbocycles. The van der Waals surface area contributed by atoms with Gasteiger partial charge in [0.25, 0.3) is 0 Å². The summed E-state index contributed by atoms with van der Waals surface area (Å²) >= 11 is 0. The zero-order valence-electron chi connectivity index (χ0n) is 16.1. The average molecular weight is 356 g/mol.